The van der Waals surface area contributed by atoms with Crippen LogP contribution in [0.25, 0.3) is 0 Å². The number of nitrogens with one attached hydrogen (secondary N) is 2. The van der Waals surface area contributed by atoms with Crippen LogP contribution < -0.4 is 10.9 Å². The van der Waals surface area contributed by atoms with Crippen LogP contribution in [0.15, 0.2) is 59.7 Å². The van der Waals surface area contributed by atoms with Crippen molar-refractivity contribution in [1.29, 1.82) is 0 Å². The first-order chi connectivity index (χ1) is 19.9. The van der Waals surface area contributed by atoms with Gasteiger partial charge in [0.1, 0.15) is 0 Å². The molecule has 41 heavy (non-hydrogen) atoms. The summed E-state index contributed by atoms with van der Waals surface area (Å²) in [4.78, 5) is 34.6. The number of morpholine rings is 1. The molecule has 2 aliphatic rings. The number of ether oxygens (including phenoxy) is 1. The van der Waals surface area contributed by atoms with Gasteiger partial charge >= 0.3 is 0 Å². The van der Waals surface area contributed by atoms with Crippen molar-refractivity contribution < 1.29 is 14.6 Å². The summed E-state index contributed by atoms with van der Waals surface area (Å²) in [6.07, 6.45) is 2.61. The van der Waals surface area contributed by atoms with Crippen molar-refractivity contribution in [2.24, 2.45) is 0 Å². The fourth-order valence-electron chi connectivity index (χ4n) is 5.34. The van der Waals surface area contributed by atoms with E-state index in [0.717, 1.165) is 62.5 Å². The summed E-state index contributed by atoms with van der Waals surface area (Å²) in [5.74, 6) is 6.22. The van der Waals surface area contributed by atoms with Crippen molar-refractivity contribution in [2.45, 2.75) is 38.3 Å². The van der Waals surface area contributed by atoms with Gasteiger partial charge in [0, 0.05) is 75.7 Å². The third-order valence-electron chi connectivity index (χ3n) is 7.83. The van der Waals surface area contributed by atoms with Crippen LogP contribution in [0.3, 0.4) is 0 Å². The molecule has 1 amide bonds. The van der Waals surface area contributed by atoms with Crippen LogP contribution in [-0.4, -0.2) is 82.8 Å². The van der Waals surface area contributed by atoms with Gasteiger partial charge in [0.25, 0.3) is 5.56 Å². The molecular formula is C32H37N5O4. The Kier molecular flexibility index (Phi) is 9.47. The highest BCUT2D eigenvalue weighted by atomic mass is 16.5. The number of carbonyl (C=O) groups is 1. The van der Waals surface area contributed by atoms with E-state index in [1.54, 1.807) is 6.92 Å². The van der Waals surface area contributed by atoms with Crippen LogP contribution in [-0.2, 0) is 22.5 Å². The molecule has 3 heterocycles. The van der Waals surface area contributed by atoms with Crippen molar-refractivity contribution in [3.05, 3.63) is 93.2 Å². The normalized spacial score (nSPS) is 18.1. The van der Waals surface area contributed by atoms with Crippen molar-refractivity contribution in [2.75, 3.05) is 45.9 Å². The zero-order chi connectivity index (χ0) is 28.6. The SMILES string of the molecule is CC(=O)N1CC[C@H](NCC(Cc2nc[nH]c(=O)c2O)c2ccc(C#Cc3ccc(CN4CCOCC4)cc3)cc2)C1. The second-order valence-corrected chi connectivity index (χ2v) is 10.7. The molecular weight excluding hydrogens is 518 g/mol. The minimum absolute atomic E-state index is 0.0393. The molecule has 0 radical (unpaired) electrons. The van der Waals surface area contributed by atoms with Gasteiger partial charge in [0.05, 0.1) is 25.2 Å². The molecule has 2 aliphatic heterocycles. The lowest BCUT2D eigenvalue weighted by Crippen LogP contribution is -2.36. The number of hydrogen-bond acceptors (Lipinski definition) is 7. The summed E-state index contributed by atoms with van der Waals surface area (Å²) in [5.41, 5.74) is 4.01. The number of hydrogen-bond donors (Lipinski definition) is 3. The van der Waals surface area contributed by atoms with Crippen molar-refractivity contribution in [1.82, 2.24) is 25.1 Å². The Bertz CT molecular complexity index is 1440. The average Bonchev–Trinajstić information content (AvgIpc) is 3.48. The zero-order valence-corrected chi connectivity index (χ0v) is 23.4. The Hall–Kier alpha value is -3.97. The van der Waals surface area contributed by atoms with Gasteiger partial charge in [0.2, 0.25) is 11.7 Å². The number of aromatic hydroxyl groups is 1. The quantitative estimate of drug-likeness (QED) is 0.366. The second kappa shape index (κ2) is 13.6. The number of nitrogens with zero attached hydrogens (tertiary/aromatic N) is 3. The first-order valence-corrected chi connectivity index (χ1v) is 14.2. The fourth-order valence-corrected chi connectivity index (χ4v) is 5.34. The Morgan fingerprint density at radius 3 is 2.44 bits per heavy atom. The van der Waals surface area contributed by atoms with Gasteiger partial charge in [-0.1, -0.05) is 36.1 Å². The van der Waals surface area contributed by atoms with Crippen LogP contribution in [0, 0.1) is 11.8 Å². The van der Waals surface area contributed by atoms with Gasteiger partial charge in [-0.25, -0.2) is 4.98 Å². The van der Waals surface area contributed by atoms with Crippen LogP contribution >= 0.6 is 0 Å². The number of aromatic nitrogens is 2. The van der Waals surface area contributed by atoms with E-state index in [1.165, 1.54) is 11.9 Å². The molecule has 9 nitrogen and oxygen atoms in total. The topological polar surface area (TPSA) is 111 Å². The molecule has 3 N–H and O–H groups in total. The molecule has 2 fully saturated rings. The summed E-state index contributed by atoms with van der Waals surface area (Å²) in [5, 5.41) is 13.9. The summed E-state index contributed by atoms with van der Waals surface area (Å²) in [7, 11) is 0. The van der Waals surface area contributed by atoms with E-state index < -0.39 is 5.56 Å². The Labute approximate surface area is 240 Å². The summed E-state index contributed by atoms with van der Waals surface area (Å²) in [6.45, 7) is 8.09. The van der Waals surface area contributed by atoms with Crippen molar-refractivity contribution in [3.8, 4) is 17.6 Å². The fraction of sp³-hybridized carbons (Fsp3) is 0.406. The lowest BCUT2D eigenvalue weighted by molar-refractivity contribution is -0.127. The Balaban J connectivity index is 1.25. The van der Waals surface area contributed by atoms with E-state index in [-0.39, 0.29) is 23.6 Å². The molecule has 3 aromatic rings. The van der Waals surface area contributed by atoms with E-state index >= 15 is 0 Å². The number of aromatic amines is 1. The number of benzene rings is 2. The second-order valence-electron chi connectivity index (χ2n) is 10.7. The van der Waals surface area contributed by atoms with E-state index in [9.17, 15) is 14.7 Å². The standard InChI is InChI=1S/C32H37N5O4/c1-23(38)37-13-12-29(21-37)33-19-28(18-30-31(39)32(40)35-22-34-30)27-10-8-25(9-11-27)3-2-24-4-6-26(7-5-24)20-36-14-16-41-17-15-36/h4-11,22,28-29,33,39H,12-21H2,1H3,(H,34,35,40)/t28?,29-/m0/s1. The number of H-pyrrole nitrogens is 1. The van der Waals surface area contributed by atoms with Gasteiger partial charge in [-0.3, -0.25) is 14.5 Å². The number of likely N-dealkylation sites (tertiary alicyclic amines) is 1. The highest BCUT2D eigenvalue weighted by Gasteiger charge is 2.25. The molecule has 9 heteroatoms. The minimum Gasteiger partial charge on any atom is -0.502 e. The predicted molar refractivity (Wildman–Crippen MR) is 157 cm³/mol. The number of carbonyl (C=O) groups excluding carboxylic acids is 1. The monoisotopic (exact) mass is 555 g/mol. The molecule has 2 saturated heterocycles. The highest BCUT2D eigenvalue weighted by molar-refractivity contribution is 5.73. The molecule has 214 valence electrons. The molecule has 5 rings (SSSR count). The zero-order valence-electron chi connectivity index (χ0n) is 23.4. The first-order valence-electron chi connectivity index (χ1n) is 14.2. The van der Waals surface area contributed by atoms with Crippen LogP contribution in [0.1, 0.15) is 47.2 Å². The van der Waals surface area contributed by atoms with Crippen LogP contribution in [0.2, 0.25) is 0 Å². The molecule has 2 aromatic carbocycles. The Morgan fingerprint density at radius 1 is 1.10 bits per heavy atom. The highest BCUT2D eigenvalue weighted by Crippen LogP contribution is 2.24. The predicted octanol–water partition coefficient (Wildman–Crippen LogP) is 2.24. The van der Waals surface area contributed by atoms with Gasteiger partial charge in [-0.15, -0.1) is 0 Å². The summed E-state index contributed by atoms with van der Waals surface area (Å²) in [6, 6.07) is 16.7. The average molecular weight is 556 g/mol. The maximum atomic E-state index is 11.9. The van der Waals surface area contributed by atoms with Gasteiger partial charge in [0.15, 0.2) is 0 Å². The van der Waals surface area contributed by atoms with E-state index in [2.05, 4.69) is 56.3 Å². The van der Waals surface area contributed by atoms with E-state index in [1.807, 2.05) is 29.2 Å². The number of rotatable bonds is 8. The van der Waals surface area contributed by atoms with Crippen molar-refractivity contribution >= 4 is 5.91 Å². The maximum Gasteiger partial charge on any atom is 0.293 e. The van der Waals surface area contributed by atoms with Gasteiger partial charge in [-0.2, -0.15) is 0 Å². The smallest absolute Gasteiger partial charge is 0.293 e. The van der Waals surface area contributed by atoms with Crippen LogP contribution in [0.5, 0.6) is 5.75 Å². The van der Waals surface area contributed by atoms with Crippen molar-refractivity contribution in [3.63, 3.8) is 0 Å². The first kappa shape index (κ1) is 28.6. The molecule has 0 saturated carbocycles. The summed E-state index contributed by atoms with van der Waals surface area (Å²) >= 11 is 0. The lowest BCUT2D eigenvalue weighted by Gasteiger charge is -2.26. The van der Waals surface area contributed by atoms with Gasteiger partial charge < -0.3 is 25.0 Å². The largest absolute Gasteiger partial charge is 0.502 e. The van der Waals surface area contributed by atoms with Gasteiger partial charge in [-0.05, 0) is 41.8 Å². The minimum atomic E-state index is -0.547. The van der Waals surface area contributed by atoms with E-state index in [4.69, 9.17) is 4.74 Å². The molecule has 0 spiro atoms. The maximum absolute atomic E-state index is 11.9. The molecule has 0 aliphatic carbocycles. The third-order valence-corrected chi connectivity index (χ3v) is 7.83. The van der Waals surface area contributed by atoms with Crippen LogP contribution in [0.4, 0.5) is 0 Å². The third kappa shape index (κ3) is 7.82. The number of amides is 1. The molecule has 1 aromatic heterocycles. The Morgan fingerprint density at radius 2 is 1.78 bits per heavy atom. The lowest BCUT2D eigenvalue weighted by atomic mass is 9.92. The van der Waals surface area contributed by atoms with E-state index in [0.29, 0.717) is 25.2 Å². The molecule has 0 bridgehead atoms. The summed E-state index contributed by atoms with van der Waals surface area (Å²) < 4.78 is 5.43. The molecule has 1 unspecified atom stereocenters. The molecule has 2 atom stereocenters.